The molecule has 0 spiro atoms. The summed E-state index contributed by atoms with van der Waals surface area (Å²) in [7, 11) is 2.00. The molecule has 4 rings (SSSR count). The zero-order chi connectivity index (χ0) is 20.9. The largest absolute Gasteiger partial charge is 0.350 e. The van der Waals surface area contributed by atoms with Crippen LogP contribution in [-0.2, 0) is 24.9 Å². The molecule has 2 saturated heterocycles. The van der Waals surface area contributed by atoms with Gasteiger partial charge in [0.15, 0.2) is 0 Å². The van der Waals surface area contributed by atoms with Crippen molar-refractivity contribution >= 4 is 5.91 Å². The second kappa shape index (κ2) is 9.71. The Morgan fingerprint density at radius 1 is 1.20 bits per heavy atom. The third-order valence-corrected chi connectivity index (χ3v) is 6.80. The first-order valence-electron chi connectivity index (χ1n) is 11.2. The number of carbonyl (C=O) groups excluding carboxylic acids is 1. The smallest absolute Gasteiger partial charge is 0.224 e. The number of hydrogen-bond donors (Lipinski definition) is 1. The molecule has 0 aromatic carbocycles. The number of piperidine rings is 2. The summed E-state index contributed by atoms with van der Waals surface area (Å²) in [5.74, 6) is 0.272. The van der Waals surface area contributed by atoms with Crippen molar-refractivity contribution in [2.45, 2.75) is 51.7 Å². The van der Waals surface area contributed by atoms with Gasteiger partial charge in [0.25, 0.3) is 0 Å². The molecule has 2 fully saturated rings. The van der Waals surface area contributed by atoms with E-state index in [9.17, 15) is 4.79 Å². The number of nitrogens with zero attached hydrogens (tertiary/aromatic N) is 5. The minimum absolute atomic E-state index is 0.0959. The average Bonchev–Trinajstić information content (AvgIpc) is 3.11. The van der Waals surface area contributed by atoms with Crippen LogP contribution in [0.2, 0.25) is 0 Å². The van der Waals surface area contributed by atoms with Crippen molar-refractivity contribution in [2.75, 3.05) is 26.2 Å². The Morgan fingerprint density at radius 2 is 2.03 bits per heavy atom. The highest BCUT2D eigenvalue weighted by atomic mass is 16.1. The van der Waals surface area contributed by atoms with Gasteiger partial charge >= 0.3 is 0 Å². The molecule has 7 nitrogen and oxygen atoms in total. The van der Waals surface area contributed by atoms with E-state index in [0.717, 1.165) is 51.3 Å². The molecule has 30 heavy (non-hydrogen) atoms. The molecule has 1 atom stereocenters. The summed E-state index contributed by atoms with van der Waals surface area (Å²) in [6, 6.07) is 6.41. The van der Waals surface area contributed by atoms with E-state index in [1.165, 1.54) is 24.1 Å². The summed E-state index contributed by atoms with van der Waals surface area (Å²) in [5.41, 5.74) is 3.50. The lowest BCUT2D eigenvalue weighted by molar-refractivity contribution is -0.127. The molecule has 2 aromatic rings. The van der Waals surface area contributed by atoms with Crippen molar-refractivity contribution in [3.63, 3.8) is 0 Å². The number of carbonyl (C=O) groups is 1. The molecular formula is C23H34N6O. The first-order chi connectivity index (χ1) is 14.6. The highest BCUT2D eigenvalue weighted by molar-refractivity contribution is 5.78. The van der Waals surface area contributed by atoms with Gasteiger partial charge in [0, 0.05) is 43.6 Å². The van der Waals surface area contributed by atoms with E-state index in [1.54, 1.807) is 6.20 Å². The minimum atomic E-state index is 0.0959. The molecule has 2 aliphatic rings. The molecular weight excluding hydrogens is 376 g/mol. The predicted molar refractivity (Wildman–Crippen MR) is 117 cm³/mol. The van der Waals surface area contributed by atoms with Crippen LogP contribution in [0.5, 0.6) is 0 Å². The van der Waals surface area contributed by atoms with E-state index >= 15 is 0 Å². The van der Waals surface area contributed by atoms with Crippen LogP contribution in [0.4, 0.5) is 0 Å². The molecule has 1 N–H and O–H groups in total. The number of hydrogen-bond acceptors (Lipinski definition) is 5. The quantitative estimate of drug-likeness (QED) is 0.790. The fourth-order valence-electron chi connectivity index (χ4n) is 4.76. The van der Waals surface area contributed by atoms with Gasteiger partial charge in [-0.2, -0.15) is 5.10 Å². The lowest BCUT2D eigenvalue weighted by Crippen LogP contribution is -2.50. The molecule has 0 bridgehead atoms. The topological polar surface area (TPSA) is 66.3 Å². The molecule has 0 saturated carbocycles. The fraction of sp³-hybridized carbons (Fsp3) is 0.609. The maximum atomic E-state index is 12.7. The summed E-state index contributed by atoms with van der Waals surface area (Å²) >= 11 is 0. The number of likely N-dealkylation sites (tertiary alicyclic amines) is 2. The summed E-state index contributed by atoms with van der Waals surface area (Å²) in [6.07, 6.45) is 8.23. The monoisotopic (exact) mass is 410 g/mol. The van der Waals surface area contributed by atoms with Gasteiger partial charge < -0.3 is 5.32 Å². The van der Waals surface area contributed by atoms with Crippen LogP contribution in [0.1, 0.15) is 42.6 Å². The van der Waals surface area contributed by atoms with Gasteiger partial charge in [-0.1, -0.05) is 6.07 Å². The molecule has 1 unspecified atom stereocenters. The molecule has 162 valence electrons. The van der Waals surface area contributed by atoms with E-state index in [2.05, 4.69) is 32.1 Å². The number of rotatable bonds is 6. The van der Waals surface area contributed by atoms with Gasteiger partial charge in [-0.05, 0) is 64.4 Å². The summed E-state index contributed by atoms with van der Waals surface area (Å²) < 4.78 is 1.95. The molecule has 0 radical (unpaired) electrons. The summed E-state index contributed by atoms with van der Waals surface area (Å²) in [4.78, 5) is 22.1. The van der Waals surface area contributed by atoms with Crippen LogP contribution in [0.3, 0.4) is 0 Å². The minimum Gasteiger partial charge on any atom is -0.350 e. The van der Waals surface area contributed by atoms with Crippen LogP contribution in [0, 0.1) is 12.8 Å². The number of nitrogens with one attached hydrogen (secondary N) is 1. The lowest BCUT2D eigenvalue weighted by Gasteiger charge is -2.42. The number of aromatic nitrogens is 3. The Labute approximate surface area is 179 Å². The van der Waals surface area contributed by atoms with Gasteiger partial charge in [-0.15, -0.1) is 0 Å². The van der Waals surface area contributed by atoms with E-state index < -0.39 is 0 Å². The zero-order valence-electron chi connectivity index (χ0n) is 18.3. The van der Waals surface area contributed by atoms with Crippen molar-refractivity contribution in [1.29, 1.82) is 0 Å². The summed E-state index contributed by atoms with van der Waals surface area (Å²) in [5, 5.41) is 7.46. The number of amides is 1. The van der Waals surface area contributed by atoms with E-state index in [4.69, 9.17) is 0 Å². The van der Waals surface area contributed by atoms with Gasteiger partial charge in [-0.25, -0.2) is 0 Å². The Bertz CT molecular complexity index is 827. The number of aryl methyl sites for hydroxylation is 1. The highest BCUT2D eigenvalue weighted by Gasteiger charge is 2.31. The molecule has 7 heteroatoms. The predicted octanol–water partition coefficient (Wildman–Crippen LogP) is 2.12. The van der Waals surface area contributed by atoms with E-state index in [-0.39, 0.29) is 11.8 Å². The van der Waals surface area contributed by atoms with Crippen molar-refractivity contribution in [3.8, 4) is 0 Å². The van der Waals surface area contributed by atoms with Crippen LogP contribution >= 0.6 is 0 Å². The Morgan fingerprint density at radius 3 is 2.73 bits per heavy atom. The van der Waals surface area contributed by atoms with Gasteiger partial charge in [0.1, 0.15) is 0 Å². The Kier molecular flexibility index (Phi) is 6.79. The standard InChI is InChI=1S/C23H34N6O/c1-18-20(14-26-27(18)2)16-28-12-8-22(9-13-28)29-11-5-6-19(17-29)23(30)25-15-21-7-3-4-10-24-21/h3-4,7,10,14,19,22H,5-6,8-9,11-13,15-17H2,1-2H3,(H,25,30). The first kappa shape index (κ1) is 21.0. The Hall–Kier alpha value is -2.25. The molecule has 1 amide bonds. The van der Waals surface area contributed by atoms with Gasteiger partial charge in [0.2, 0.25) is 5.91 Å². The number of pyridine rings is 1. The van der Waals surface area contributed by atoms with Crippen molar-refractivity contribution in [1.82, 2.24) is 29.9 Å². The van der Waals surface area contributed by atoms with Gasteiger partial charge in [0.05, 0.1) is 24.4 Å². The molecule has 2 aromatic heterocycles. The average molecular weight is 411 g/mol. The fourth-order valence-corrected chi connectivity index (χ4v) is 4.76. The van der Waals surface area contributed by atoms with Crippen LogP contribution < -0.4 is 5.32 Å². The highest BCUT2D eigenvalue weighted by Crippen LogP contribution is 2.25. The van der Waals surface area contributed by atoms with E-state index in [1.807, 2.05) is 36.1 Å². The zero-order valence-corrected chi connectivity index (χ0v) is 18.3. The SMILES string of the molecule is Cc1c(CN2CCC(N3CCCC(C(=O)NCc4ccccn4)C3)CC2)cnn1C. The van der Waals surface area contributed by atoms with Gasteiger partial charge in [-0.3, -0.25) is 24.3 Å². The summed E-state index contributed by atoms with van der Waals surface area (Å²) in [6.45, 7) is 7.89. The third-order valence-electron chi connectivity index (χ3n) is 6.80. The van der Waals surface area contributed by atoms with Crippen LogP contribution in [0.25, 0.3) is 0 Å². The molecule has 2 aliphatic heterocycles. The van der Waals surface area contributed by atoms with Crippen LogP contribution in [0.15, 0.2) is 30.6 Å². The first-order valence-corrected chi connectivity index (χ1v) is 11.2. The Balaban J connectivity index is 1.24. The van der Waals surface area contributed by atoms with Crippen molar-refractivity contribution in [2.24, 2.45) is 13.0 Å². The van der Waals surface area contributed by atoms with E-state index in [0.29, 0.717) is 12.6 Å². The second-order valence-corrected chi connectivity index (χ2v) is 8.76. The second-order valence-electron chi connectivity index (χ2n) is 8.76. The normalized spacial score (nSPS) is 21.6. The lowest BCUT2D eigenvalue weighted by atomic mass is 9.93. The van der Waals surface area contributed by atoms with Crippen molar-refractivity contribution < 1.29 is 4.79 Å². The maximum Gasteiger partial charge on any atom is 0.224 e. The molecule has 0 aliphatic carbocycles. The van der Waals surface area contributed by atoms with Crippen molar-refractivity contribution in [3.05, 3.63) is 47.5 Å². The maximum absolute atomic E-state index is 12.7. The molecule has 4 heterocycles. The van der Waals surface area contributed by atoms with Crippen LogP contribution in [-0.4, -0.2) is 62.7 Å². The third kappa shape index (κ3) is 5.08.